The first-order valence-electron chi connectivity index (χ1n) is 8.28. The zero-order valence-electron chi connectivity index (χ0n) is 15.0. The van der Waals surface area contributed by atoms with Gasteiger partial charge in [-0.25, -0.2) is 13.2 Å². The van der Waals surface area contributed by atoms with Crippen LogP contribution in [0.4, 0.5) is 13.2 Å². The van der Waals surface area contributed by atoms with Crippen LogP contribution in [0.3, 0.4) is 0 Å². The van der Waals surface area contributed by atoms with Gasteiger partial charge >= 0.3 is 0 Å². The Morgan fingerprint density at radius 1 is 1.14 bits per heavy atom. The number of aromatic amines is 1. The Morgan fingerprint density at radius 3 is 2.52 bits per heavy atom. The molecule has 0 atom stereocenters. The minimum absolute atomic E-state index is 0.0357. The Balaban J connectivity index is 2.14. The number of H-pyrrole nitrogens is 1. The number of nitrogens with one attached hydrogen (secondary N) is 1. The van der Waals surface area contributed by atoms with Crippen molar-refractivity contribution in [2.24, 2.45) is 5.73 Å². The van der Waals surface area contributed by atoms with E-state index < -0.39 is 28.9 Å². The molecular formula is C20H14BrF3N2O3. The molecule has 3 N–H and O–H groups in total. The van der Waals surface area contributed by atoms with Crippen molar-refractivity contribution in [3.63, 3.8) is 0 Å². The van der Waals surface area contributed by atoms with Gasteiger partial charge in [0.15, 0.2) is 0 Å². The van der Waals surface area contributed by atoms with E-state index in [0.29, 0.717) is 6.07 Å². The highest BCUT2D eigenvalue weighted by Gasteiger charge is 2.21. The van der Waals surface area contributed by atoms with Crippen LogP contribution < -0.4 is 16.0 Å². The van der Waals surface area contributed by atoms with Crippen molar-refractivity contribution in [1.82, 2.24) is 4.98 Å². The standard InChI is InChI=1S/C20H14BrF3N2O3/c1-9-16(13-6-10(19(25)27)3-5-14(13)23)18(17(21)20(28)26-9)29-8-11-2-4-12(22)7-15(11)24/h2-7H,8H2,1H3,(H2,25,27)(H,26,28). The van der Waals surface area contributed by atoms with Gasteiger partial charge in [-0.05, 0) is 53.2 Å². The molecule has 2 aromatic carbocycles. The molecule has 0 radical (unpaired) electrons. The average Bonchev–Trinajstić information content (AvgIpc) is 2.65. The molecule has 0 aliphatic rings. The van der Waals surface area contributed by atoms with Gasteiger partial charge in [0.1, 0.15) is 34.3 Å². The fourth-order valence-electron chi connectivity index (χ4n) is 2.79. The Morgan fingerprint density at radius 2 is 1.86 bits per heavy atom. The third kappa shape index (κ3) is 4.19. The van der Waals surface area contributed by atoms with Crippen LogP contribution in [0.25, 0.3) is 11.1 Å². The first-order chi connectivity index (χ1) is 13.7. The fourth-order valence-corrected chi connectivity index (χ4v) is 3.20. The fraction of sp³-hybridized carbons (Fsp3) is 0.100. The van der Waals surface area contributed by atoms with Gasteiger partial charge in [-0.1, -0.05) is 0 Å². The van der Waals surface area contributed by atoms with Crippen LogP contribution >= 0.6 is 15.9 Å². The number of halogens is 4. The number of rotatable bonds is 5. The van der Waals surface area contributed by atoms with Gasteiger partial charge in [-0.3, -0.25) is 9.59 Å². The molecule has 3 rings (SSSR count). The highest BCUT2D eigenvalue weighted by molar-refractivity contribution is 9.10. The molecule has 0 unspecified atom stereocenters. The van der Waals surface area contributed by atoms with E-state index in [2.05, 4.69) is 20.9 Å². The maximum Gasteiger partial charge on any atom is 0.266 e. The minimum Gasteiger partial charge on any atom is -0.487 e. The number of pyridine rings is 1. The van der Waals surface area contributed by atoms with Crippen LogP contribution in [0.1, 0.15) is 21.6 Å². The molecule has 150 valence electrons. The SMILES string of the molecule is Cc1[nH]c(=O)c(Br)c(OCc2ccc(F)cc2F)c1-c1cc(C(N)=O)ccc1F. The van der Waals surface area contributed by atoms with Crippen molar-refractivity contribution in [1.29, 1.82) is 0 Å². The van der Waals surface area contributed by atoms with Crippen molar-refractivity contribution in [3.8, 4) is 16.9 Å². The van der Waals surface area contributed by atoms with Crippen LogP contribution in [0.5, 0.6) is 5.75 Å². The van der Waals surface area contributed by atoms with Gasteiger partial charge in [0.25, 0.3) is 5.56 Å². The second kappa shape index (κ2) is 8.12. The molecule has 0 bridgehead atoms. The molecule has 9 heteroatoms. The number of aromatic nitrogens is 1. The van der Waals surface area contributed by atoms with Crippen molar-refractivity contribution < 1.29 is 22.7 Å². The first-order valence-corrected chi connectivity index (χ1v) is 9.07. The van der Waals surface area contributed by atoms with E-state index in [9.17, 15) is 22.8 Å². The van der Waals surface area contributed by atoms with E-state index in [1.807, 2.05) is 0 Å². The van der Waals surface area contributed by atoms with Gasteiger partial charge in [0, 0.05) is 34.0 Å². The first kappa shape index (κ1) is 20.7. The van der Waals surface area contributed by atoms with Crippen molar-refractivity contribution in [3.05, 3.63) is 85.5 Å². The molecule has 3 aromatic rings. The second-order valence-corrected chi connectivity index (χ2v) is 6.97. The van der Waals surface area contributed by atoms with Crippen LogP contribution in [-0.2, 0) is 6.61 Å². The maximum absolute atomic E-state index is 14.6. The number of hydrogen-bond acceptors (Lipinski definition) is 3. The van der Waals surface area contributed by atoms with Crippen molar-refractivity contribution in [2.45, 2.75) is 13.5 Å². The molecule has 1 amide bonds. The summed E-state index contributed by atoms with van der Waals surface area (Å²) in [4.78, 5) is 26.2. The molecule has 5 nitrogen and oxygen atoms in total. The van der Waals surface area contributed by atoms with Crippen LogP contribution in [-0.4, -0.2) is 10.9 Å². The lowest BCUT2D eigenvalue weighted by Crippen LogP contribution is -2.14. The second-order valence-electron chi connectivity index (χ2n) is 6.18. The van der Waals surface area contributed by atoms with E-state index in [-0.39, 0.29) is 44.8 Å². The molecule has 1 aromatic heterocycles. The Kier molecular flexibility index (Phi) is 5.78. The van der Waals surface area contributed by atoms with E-state index in [4.69, 9.17) is 10.5 Å². The van der Waals surface area contributed by atoms with Crippen molar-refractivity contribution in [2.75, 3.05) is 0 Å². The number of nitrogens with two attached hydrogens (primary N) is 1. The number of amides is 1. The summed E-state index contributed by atoms with van der Waals surface area (Å²) >= 11 is 3.10. The van der Waals surface area contributed by atoms with Gasteiger partial charge in [0.05, 0.1) is 0 Å². The summed E-state index contributed by atoms with van der Waals surface area (Å²) in [5.74, 6) is -3.08. The quantitative estimate of drug-likeness (QED) is 0.590. The summed E-state index contributed by atoms with van der Waals surface area (Å²) in [5, 5.41) is 0. The Bertz CT molecular complexity index is 1180. The minimum atomic E-state index is -0.828. The lowest BCUT2D eigenvalue weighted by molar-refractivity contribution is 0.1000. The van der Waals surface area contributed by atoms with Crippen LogP contribution in [0.15, 0.2) is 45.7 Å². The Labute approximate surface area is 171 Å². The lowest BCUT2D eigenvalue weighted by atomic mass is 10.00. The summed E-state index contributed by atoms with van der Waals surface area (Å²) in [5.41, 5.74) is 5.19. The third-order valence-corrected chi connectivity index (χ3v) is 4.93. The Hall–Kier alpha value is -3.07. The monoisotopic (exact) mass is 466 g/mol. The molecule has 0 fully saturated rings. The number of carbonyl (C=O) groups is 1. The van der Waals surface area contributed by atoms with E-state index in [0.717, 1.165) is 12.1 Å². The number of primary amides is 1. The highest BCUT2D eigenvalue weighted by Crippen LogP contribution is 2.38. The summed E-state index contributed by atoms with van der Waals surface area (Å²) < 4.78 is 47.2. The predicted octanol–water partition coefficient (Wildman–Crippen LogP) is 4.21. The van der Waals surface area contributed by atoms with Gasteiger partial charge in [-0.2, -0.15) is 0 Å². The zero-order valence-corrected chi connectivity index (χ0v) is 16.6. The lowest BCUT2D eigenvalue weighted by Gasteiger charge is -2.17. The molecule has 29 heavy (non-hydrogen) atoms. The normalized spacial score (nSPS) is 10.8. The van der Waals surface area contributed by atoms with Gasteiger partial charge < -0.3 is 15.5 Å². The summed E-state index contributed by atoms with van der Waals surface area (Å²) in [6, 6.07) is 6.50. The molecule has 0 saturated carbocycles. The van der Waals surface area contributed by atoms with E-state index >= 15 is 0 Å². The van der Waals surface area contributed by atoms with E-state index in [1.165, 1.54) is 25.1 Å². The van der Waals surface area contributed by atoms with Crippen LogP contribution in [0, 0.1) is 24.4 Å². The smallest absolute Gasteiger partial charge is 0.266 e. The van der Waals surface area contributed by atoms with Gasteiger partial charge in [0.2, 0.25) is 5.91 Å². The van der Waals surface area contributed by atoms with Gasteiger partial charge in [-0.15, -0.1) is 0 Å². The summed E-state index contributed by atoms with van der Waals surface area (Å²) in [7, 11) is 0. The van der Waals surface area contributed by atoms with E-state index in [1.54, 1.807) is 0 Å². The average molecular weight is 467 g/mol. The maximum atomic E-state index is 14.6. The molecule has 1 heterocycles. The number of carbonyl (C=O) groups excluding carboxylic acids is 1. The molecule has 0 aliphatic heterocycles. The van der Waals surface area contributed by atoms with Crippen LogP contribution in [0.2, 0.25) is 0 Å². The number of aryl methyl sites for hydroxylation is 1. The summed E-state index contributed by atoms with van der Waals surface area (Å²) in [6.07, 6.45) is 0. The number of ether oxygens (including phenoxy) is 1. The number of benzene rings is 2. The third-order valence-electron chi connectivity index (χ3n) is 4.21. The molecule has 0 spiro atoms. The molecule has 0 aliphatic carbocycles. The van der Waals surface area contributed by atoms with Crippen molar-refractivity contribution >= 4 is 21.8 Å². The summed E-state index contributed by atoms with van der Waals surface area (Å²) in [6.45, 7) is 1.17. The zero-order chi connectivity index (χ0) is 21.3. The topological polar surface area (TPSA) is 85.2 Å². The highest BCUT2D eigenvalue weighted by atomic mass is 79.9. The molecular weight excluding hydrogens is 453 g/mol. The molecule has 0 saturated heterocycles. The predicted molar refractivity (Wildman–Crippen MR) is 104 cm³/mol. The largest absolute Gasteiger partial charge is 0.487 e. The number of hydrogen-bond donors (Lipinski definition) is 2.